The number of nitrogens with zero attached hydrogens (tertiary/aromatic N) is 4. The second-order valence-corrected chi connectivity index (χ2v) is 7.36. The molecule has 0 aliphatic heterocycles. The molecule has 1 aliphatic carbocycles. The molecule has 1 saturated carbocycles. The van der Waals surface area contributed by atoms with Crippen LogP contribution in [0.2, 0.25) is 0 Å². The molecule has 0 spiro atoms. The highest BCUT2D eigenvalue weighted by molar-refractivity contribution is 5.69. The highest BCUT2D eigenvalue weighted by atomic mass is 16.5. The van der Waals surface area contributed by atoms with Gasteiger partial charge in [0.1, 0.15) is 6.10 Å². The molecule has 1 heterocycles. The van der Waals surface area contributed by atoms with E-state index in [4.69, 9.17) is 4.74 Å². The largest absolute Gasteiger partial charge is 0.461 e. The SMILES string of the molecule is CC(C)[C@@H]1CC[C@H](C)C[C@H]1OC(=O)Cn1nnc(-c2ccccc2)n1. The Morgan fingerprint density at radius 2 is 2.04 bits per heavy atom. The van der Waals surface area contributed by atoms with Crippen LogP contribution in [0.25, 0.3) is 11.4 Å². The molecule has 0 bridgehead atoms. The number of ether oxygens (including phenoxy) is 1. The fourth-order valence-electron chi connectivity index (χ4n) is 3.58. The van der Waals surface area contributed by atoms with Crippen molar-refractivity contribution in [2.45, 2.75) is 52.7 Å². The summed E-state index contributed by atoms with van der Waals surface area (Å²) in [6, 6.07) is 9.59. The van der Waals surface area contributed by atoms with E-state index in [1.807, 2.05) is 30.3 Å². The van der Waals surface area contributed by atoms with Gasteiger partial charge in [-0.1, -0.05) is 57.5 Å². The molecule has 1 aromatic heterocycles. The summed E-state index contributed by atoms with van der Waals surface area (Å²) in [5.74, 6) is 1.77. The number of rotatable bonds is 5. The number of aromatic nitrogens is 4. The Labute approximate surface area is 148 Å². The predicted molar refractivity (Wildman–Crippen MR) is 94.5 cm³/mol. The molecular formula is C19H26N4O2. The summed E-state index contributed by atoms with van der Waals surface area (Å²) in [4.78, 5) is 13.7. The molecule has 6 nitrogen and oxygen atoms in total. The van der Waals surface area contributed by atoms with Gasteiger partial charge in [0.05, 0.1) is 0 Å². The summed E-state index contributed by atoms with van der Waals surface area (Å²) < 4.78 is 5.79. The maximum Gasteiger partial charge on any atom is 0.330 e. The fraction of sp³-hybridized carbons (Fsp3) is 0.579. The number of carbonyl (C=O) groups is 1. The minimum absolute atomic E-state index is 0.00443. The van der Waals surface area contributed by atoms with Gasteiger partial charge in [0.15, 0.2) is 6.54 Å². The van der Waals surface area contributed by atoms with Crippen LogP contribution in [0.4, 0.5) is 0 Å². The van der Waals surface area contributed by atoms with Crippen molar-refractivity contribution in [1.29, 1.82) is 0 Å². The molecule has 0 amide bonds. The molecular weight excluding hydrogens is 316 g/mol. The van der Waals surface area contributed by atoms with Gasteiger partial charge in [-0.15, -0.1) is 10.2 Å². The van der Waals surface area contributed by atoms with E-state index >= 15 is 0 Å². The van der Waals surface area contributed by atoms with Crippen molar-refractivity contribution in [3.05, 3.63) is 30.3 Å². The van der Waals surface area contributed by atoms with Crippen LogP contribution in [-0.2, 0) is 16.1 Å². The van der Waals surface area contributed by atoms with Gasteiger partial charge in [0.25, 0.3) is 0 Å². The minimum atomic E-state index is -0.290. The third-order valence-electron chi connectivity index (χ3n) is 5.00. The molecule has 1 aliphatic rings. The van der Waals surface area contributed by atoms with E-state index in [1.165, 1.54) is 11.2 Å². The lowest BCUT2D eigenvalue weighted by atomic mass is 9.75. The molecule has 3 atom stereocenters. The van der Waals surface area contributed by atoms with E-state index in [0.717, 1.165) is 18.4 Å². The topological polar surface area (TPSA) is 69.9 Å². The van der Waals surface area contributed by atoms with Gasteiger partial charge in [0.2, 0.25) is 5.82 Å². The van der Waals surface area contributed by atoms with Crippen LogP contribution < -0.4 is 0 Å². The normalized spacial score (nSPS) is 23.6. The first-order valence-corrected chi connectivity index (χ1v) is 9.05. The van der Waals surface area contributed by atoms with E-state index in [2.05, 4.69) is 36.2 Å². The molecule has 0 unspecified atom stereocenters. The van der Waals surface area contributed by atoms with E-state index < -0.39 is 0 Å². The lowest BCUT2D eigenvalue weighted by Crippen LogP contribution is -2.36. The third kappa shape index (κ3) is 4.44. The first-order valence-electron chi connectivity index (χ1n) is 9.05. The number of hydrogen-bond donors (Lipinski definition) is 0. The number of esters is 1. The molecule has 1 fully saturated rings. The van der Waals surface area contributed by atoms with Gasteiger partial charge in [-0.25, -0.2) is 4.79 Å². The van der Waals surface area contributed by atoms with Crippen LogP contribution in [0.5, 0.6) is 0 Å². The van der Waals surface area contributed by atoms with Crippen molar-refractivity contribution in [3.8, 4) is 11.4 Å². The van der Waals surface area contributed by atoms with Crippen LogP contribution >= 0.6 is 0 Å². The second kappa shape index (κ2) is 7.76. The van der Waals surface area contributed by atoms with E-state index in [-0.39, 0.29) is 18.6 Å². The van der Waals surface area contributed by atoms with Gasteiger partial charge in [0, 0.05) is 5.56 Å². The van der Waals surface area contributed by atoms with Gasteiger partial charge in [-0.05, 0) is 35.8 Å². The van der Waals surface area contributed by atoms with E-state index in [1.54, 1.807) is 0 Å². The first-order chi connectivity index (χ1) is 12.0. The average Bonchev–Trinajstić information content (AvgIpc) is 3.03. The number of benzene rings is 1. The molecule has 0 N–H and O–H groups in total. The maximum atomic E-state index is 12.4. The summed E-state index contributed by atoms with van der Waals surface area (Å²) in [5, 5.41) is 12.3. The van der Waals surface area contributed by atoms with E-state index in [0.29, 0.717) is 23.6 Å². The van der Waals surface area contributed by atoms with Crippen LogP contribution in [-0.4, -0.2) is 32.3 Å². The zero-order valence-electron chi connectivity index (χ0n) is 15.1. The third-order valence-corrected chi connectivity index (χ3v) is 5.00. The number of tetrazole rings is 1. The van der Waals surface area contributed by atoms with Crippen molar-refractivity contribution in [1.82, 2.24) is 20.2 Å². The summed E-state index contributed by atoms with van der Waals surface area (Å²) >= 11 is 0. The Morgan fingerprint density at radius 1 is 1.28 bits per heavy atom. The molecule has 3 rings (SSSR count). The number of carbonyl (C=O) groups excluding carboxylic acids is 1. The highest BCUT2D eigenvalue weighted by Gasteiger charge is 2.33. The average molecular weight is 342 g/mol. The Bertz CT molecular complexity index is 698. The highest BCUT2D eigenvalue weighted by Crippen LogP contribution is 2.35. The van der Waals surface area contributed by atoms with Crippen LogP contribution in [0.1, 0.15) is 40.0 Å². The Hall–Kier alpha value is -2.24. The lowest BCUT2D eigenvalue weighted by molar-refractivity contribution is -0.157. The molecule has 0 saturated heterocycles. The molecule has 0 radical (unpaired) electrons. The Kier molecular flexibility index (Phi) is 5.46. The summed E-state index contributed by atoms with van der Waals surface area (Å²) in [5.41, 5.74) is 0.878. The monoisotopic (exact) mass is 342 g/mol. The Balaban J connectivity index is 1.61. The van der Waals surface area contributed by atoms with Crippen molar-refractivity contribution >= 4 is 5.97 Å². The summed E-state index contributed by atoms with van der Waals surface area (Å²) in [6.45, 7) is 6.62. The van der Waals surface area contributed by atoms with Crippen LogP contribution in [0.3, 0.4) is 0 Å². The quantitative estimate of drug-likeness (QED) is 0.779. The van der Waals surface area contributed by atoms with Gasteiger partial charge < -0.3 is 4.74 Å². The predicted octanol–water partition coefficient (Wildman–Crippen LogP) is 3.34. The van der Waals surface area contributed by atoms with Crippen molar-refractivity contribution < 1.29 is 9.53 Å². The Morgan fingerprint density at radius 3 is 2.76 bits per heavy atom. The van der Waals surface area contributed by atoms with Crippen LogP contribution in [0.15, 0.2) is 30.3 Å². The van der Waals surface area contributed by atoms with Crippen molar-refractivity contribution in [2.75, 3.05) is 0 Å². The second-order valence-electron chi connectivity index (χ2n) is 7.36. The molecule has 134 valence electrons. The standard InChI is InChI=1S/C19H26N4O2/c1-13(2)16-10-9-14(3)11-17(16)25-18(24)12-23-21-19(20-22-23)15-7-5-4-6-8-15/h4-8,13-14,16-17H,9-12H2,1-3H3/t14-,16-,17+/m0/s1. The molecule has 1 aromatic carbocycles. The van der Waals surface area contributed by atoms with Crippen molar-refractivity contribution in [2.24, 2.45) is 17.8 Å². The van der Waals surface area contributed by atoms with E-state index in [9.17, 15) is 4.79 Å². The van der Waals surface area contributed by atoms with Gasteiger partial charge in [-0.3, -0.25) is 0 Å². The molecule has 2 aromatic rings. The van der Waals surface area contributed by atoms with Crippen molar-refractivity contribution in [3.63, 3.8) is 0 Å². The number of hydrogen-bond acceptors (Lipinski definition) is 5. The summed E-state index contributed by atoms with van der Waals surface area (Å²) in [7, 11) is 0. The maximum absolute atomic E-state index is 12.4. The fourth-order valence-corrected chi connectivity index (χ4v) is 3.58. The zero-order chi connectivity index (χ0) is 17.8. The van der Waals surface area contributed by atoms with Gasteiger partial charge in [-0.2, -0.15) is 4.80 Å². The molecule has 25 heavy (non-hydrogen) atoms. The lowest BCUT2D eigenvalue weighted by Gasteiger charge is -2.36. The zero-order valence-corrected chi connectivity index (χ0v) is 15.1. The minimum Gasteiger partial charge on any atom is -0.461 e. The van der Waals surface area contributed by atoms with Gasteiger partial charge >= 0.3 is 5.97 Å². The smallest absolute Gasteiger partial charge is 0.330 e. The first kappa shape index (κ1) is 17.6. The summed E-state index contributed by atoms with van der Waals surface area (Å²) in [6.07, 6.45) is 3.26. The molecule has 6 heteroatoms. The van der Waals surface area contributed by atoms with Crippen LogP contribution in [0, 0.1) is 17.8 Å².